The number of hydrogen-bond acceptors (Lipinski definition) is 4. The molecule has 0 saturated carbocycles. The number of fused-ring (bicyclic) bond motifs is 14. The van der Waals surface area contributed by atoms with Crippen LogP contribution in [0.25, 0.3) is 55.0 Å². The van der Waals surface area contributed by atoms with Gasteiger partial charge in [-0.05, 0) is 156 Å². The molecule has 0 saturated heterocycles. The van der Waals surface area contributed by atoms with Gasteiger partial charge in [-0.2, -0.15) is 0 Å². The lowest BCUT2D eigenvalue weighted by Crippen LogP contribution is -2.65. The van der Waals surface area contributed by atoms with Gasteiger partial charge in [0.15, 0.2) is 0 Å². The maximum absolute atomic E-state index is 7.73. The van der Waals surface area contributed by atoms with Crippen LogP contribution in [0.2, 0.25) is 0 Å². The Morgan fingerprint density at radius 1 is 0.278 bits per heavy atom. The number of anilines is 6. The van der Waals surface area contributed by atoms with E-state index in [-0.39, 0.29) is 35.1 Å². The van der Waals surface area contributed by atoms with Crippen LogP contribution < -0.4 is 52.1 Å². The number of ether oxygens (including phenoxy) is 2. The van der Waals surface area contributed by atoms with E-state index in [1.165, 1.54) is 76.6 Å². The van der Waals surface area contributed by atoms with E-state index < -0.39 is 0 Å². The first-order valence-corrected chi connectivity index (χ1v) is 32.1. The Morgan fingerprint density at radius 2 is 0.600 bits per heavy atom. The number of benzene rings is 11. The molecular formula is C82H72B2N4O2. The van der Waals surface area contributed by atoms with E-state index in [2.05, 4.69) is 320 Å². The van der Waals surface area contributed by atoms with E-state index in [0.717, 1.165) is 90.6 Å². The largest absolute Gasteiger partial charge is 0.458 e. The molecule has 11 aromatic carbocycles. The maximum atomic E-state index is 7.73. The lowest BCUT2D eigenvalue weighted by atomic mass is 9.29. The summed E-state index contributed by atoms with van der Waals surface area (Å²) in [5.41, 5.74) is 24.9. The van der Waals surface area contributed by atoms with Gasteiger partial charge < -0.3 is 28.4 Å². The van der Waals surface area contributed by atoms with Gasteiger partial charge in [0, 0.05) is 67.8 Å². The highest BCUT2D eigenvalue weighted by molar-refractivity contribution is 7.02. The van der Waals surface area contributed by atoms with Gasteiger partial charge in [-0.1, -0.05) is 210 Å². The Labute approximate surface area is 529 Å². The maximum Gasteiger partial charge on any atom is 0.256 e. The van der Waals surface area contributed by atoms with Gasteiger partial charge in [0.25, 0.3) is 13.4 Å². The predicted molar refractivity (Wildman–Crippen MR) is 382 cm³/mol. The molecule has 0 bridgehead atoms. The average Bonchev–Trinajstić information content (AvgIpc) is 0.818. The third-order valence-corrected chi connectivity index (χ3v) is 19.9. The highest BCUT2D eigenvalue weighted by atomic mass is 16.5. The second-order valence-electron chi connectivity index (χ2n) is 29.7. The van der Waals surface area contributed by atoms with Crippen molar-refractivity contribution in [3.8, 4) is 34.4 Å². The molecule has 8 heteroatoms. The van der Waals surface area contributed by atoms with E-state index in [9.17, 15) is 0 Å². The number of aromatic nitrogens is 2. The summed E-state index contributed by atoms with van der Waals surface area (Å²) in [5, 5.41) is 4.87. The van der Waals surface area contributed by atoms with Crippen molar-refractivity contribution in [1.29, 1.82) is 0 Å². The van der Waals surface area contributed by atoms with Crippen LogP contribution in [0.5, 0.6) is 23.0 Å². The lowest BCUT2D eigenvalue weighted by Gasteiger charge is -2.46. The Bertz CT molecular complexity index is 4770. The van der Waals surface area contributed by atoms with Gasteiger partial charge in [0.2, 0.25) is 0 Å². The molecular weight excluding hydrogens is 1090 g/mol. The Balaban J connectivity index is 1.03. The smallest absolute Gasteiger partial charge is 0.256 e. The van der Waals surface area contributed by atoms with Crippen molar-refractivity contribution in [2.45, 2.75) is 105 Å². The van der Waals surface area contributed by atoms with Crippen LogP contribution in [0, 0.1) is 0 Å². The third kappa shape index (κ3) is 7.98. The van der Waals surface area contributed by atoms with Gasteiger partial charge in [-0.15, -0.1) is 0 Å². The summed E-state index contributed by atoms with van der Waals surface area (Å²) in [5.74, 6) is 3.58. The SMILES string of the molecule is CC(C)(C)c1cc2c(c(C(C)(C)C)c1)B1c3cc4c(cc3N(c3ccccc3)c3cc(-n5c6ccccc6c6ccccc65)cc(c31)O2)N(c1ccccc1)c1cc(-n2c3ccccc3c3ccccc32)cc2c1B4c1c(cc(C(C)(C)C)cc1C(C)(C)C)O2. The molecule has 0 unspecified atom stereocenters. The summed E-state index contributed by atoms with van der Waals surface area (Å²) in [6.45, 7) is 27.8. The molecule has 6 heterocycles. The second kappa shape index (κ2) is 18.9. The predicted octanol–water partition coefficient (Wildman–Crippen LogP) is 17.9. The van der Waals surface area contributed by atoms with Crippen LogP contribution in [-0.4, -0.2) is 22.6 Å². The first-order chi connectivity index (χ1) is 43.2. The fourth-order valence-electron chi connectivity index (χ4n) is 15.7. The molecule has 0 N–H and O–H groups in total. The summed E-state index contributed by atoms with van der Waals surface area (Å²) in [4.78, 5) is 5.12. The van der Waals surface area contributed by atoms with Crippen molar-refractivity contribution in [1.82, 2.24) is 9.13 Å². The quantitative estimate of drug-likeness (QED) is 0.165. The Kier molecular flexibility index (Phi) is 11.5. The fourth-order valence-corrected chi connectivity index (χ4v) is 15.7. The molecule has 0 radical (unpaired) electrons. The van der Waals surface area contributed by atoms with Crippen molar-refractivity contribution >= 4 is 124 Å². The molecule has 90 heavy (non-hydrogen) atoms. The van der Waals surface area contributed by atoms with Crippen LogP contribution in [0.3, 0.4) is 0 Å². The average molecular weight is 1170 g/mol. The lowest BCUT2D eigenvalue weighted by molar-refractivity contribution is 0.478. The number of nitrogens with zero attached hydrogens (tertiary/aromatic N) is 4. The standard InChI is InChI=1S/C82H72B2N4O2/c1-79(2,3)49-39-59(81(7,8)9)75-71(41-49)89-73-45-53(87-63-35-23-19-31-55(63)56-32-20-24-36-64(56)87)43-69-77(73)83(75)61-47-62-68(48-67(61)85(69)51-27-15-13-16-28-51)86(52-29-17-14-18-30-52)70-44-54(88-65-37-25-21-33-57(65)58-34-22-26-38-66(58)88)46-74-78(70)84(62)76-60(82(10,11)12)40-50(80(4,5)6)42-72(76)90-74/h13-48H,1-12H3. The molecule has 438 valence electrons. The fraction of sp³-hybridized carbons (Fsp3) is 0.195. The third-order valence-electron chi connectivity index (χ3n) is 19.9. The van der Waals surface area contributed by atoms with E-state index in [4.69, 9.17) is 9.47 Å². The molecule has 4 aliphatic rings. The molecule has 17 rings (SSSR count). The topological polar surface area (TPSA) is 34.8 Å². The zero-order valence-corrected chi connectivity index (χ0v) is 53.5. The van der Waals surface area contributed by atoms with Crippen molar-refractivity contribution in [3.05, 3.63) is 241 Å². The second-order valence-corrected chi connectivity index (χ2v) is 29.7. The highest BCUT2D eigenvalue weighted by Gasteiger charge is 2.50. The van der Waals surface area contributed by atoms with Gasteiger partial charge >= 0.3 is 0 Å². The van der Waals surface area contributed by atoms with Crippen molar-refractivity contribution in [3.63, 3.8) is 0 Å². The van der Waals surface area contributed by atoms with Gasteiger partial charge in [-0.25, -0.2) is 0 Å². The first kappa shape index (κ1) is 54.5. The summed E-state index contributed by atoms with van der Waals surface area (Å²) < 4.78 is 20.4. The van der Waals surface area contributed by atoms with Crippen LogP contribution >= 0.6 is 0 Å². The highest BCUT2D eigenvalue weighted by Crippen LogP contribution is 2.50. The molecule has 0 aliphatic carbocycles. The summed E-state index contributed by atoms with van der Waals surface area (Å²) in [7, 11) is 0. The zero-order chi connectivity index (χ0) is 61.7. The van der Waals surface area contributed by atoms with E-state index in [1.807, 2.05) is 0 Å². The van der Waals surface area contributed by atoms with Crippen LogP contribution in [0.4, 0.5) is 34.1 Å². The summed E-state index contributed by atoms with van der Waals surface area (Å²) in [6, 6.07) is 82.0. The Hall–Kier alpha value is -9.65. The molecule has 6 nitrogen and oxygen atoms in total. The molecule has 0 amide bonds. The molecule has 13 aromatic rings. The summed E-state index contributed by atoms with van der Waals surface area (Å²) >= 11 is 0. The number of hydrogen-bond donors (Lipinski definition) is 0. The van der Waals surface area contributed by atoms with Crippen LogP contribution in [0.15, 0.2) is 218 Å². The molecule has 4 aliphatic heterocycles. The minimum Gasteiger partial charge on any atom is -0.458 e. The van der Waals surface area contributed by atoms with Crippen LogP contribution in [0.1, 0.15) is 105 Å². The van der Waals surface area contributed by atoms with E-state index in [0.29, 0.717) is 0 Å². The normalized spacial score (nSPS) is 14.1. The number of para-hydroxylation sites is 6. The van der Waals surface area contributed by atoms with Crippen molar-refractivity contribution < 1.29 is 9.47 Å². The molecule has 0 spiro atoms. The minimum atomic E-state index is -0.252. The molecule has 0 atom stereocenters. The summed E-state index contributed by atoms with van der Waals surface area (Å²) in [6.07, 6.45) is 0. The first-order valence-electron chi connectivity index (χ1n) is 32.1. The molecule has 2 aromatic heterocycles. The Morgan fingerprint density at radius 3 is 0.933 bits per heavy atom. The van der Waals surface area contributed by atoms with Crippen LogP contribution in [-0.2, 0) is 21.7 Å². The van der Waals surface area contributed by atoms with Crippen molar-refractivity contribution in [2.24, 2.45) is 0 Å². The van der Waals surface area contributed by atoms with Crippen molar-refractivity contribution in [2.75, 3.05) is 9.80 Å². The molecule has 0 fully saturated rings. The monoisotopic (exact) mass is 1170 g/mol. The van der Waals surface area contributed by atoms with E-state index in [1.54, 1.807) is 0 Å². The minimum absolute atomic E-state index is 0.149. The number of rotatable bonds is 4. The van der Waals surface area contributed by atoms with Gasteiger partial charge in [0.1, 0.15) is 23.0 Å². The van der Waals surface area contributed by atoms with Gasteiger partial charge in [-0.3, -0.25) is 0 Å². The van der Waals surface area contributed by atoms with Gasteiger partial charge in [0.05, 0.1) is 33.4 Å². The van der Waals surface area contributed by atoms with E-state index >= 15 is 0 Å². The zero-order valence-electron chi connectivity index (χ0n) is 53.5.